The molecule has 0 aliphatic rings. The predicted molar refractivity (Wildman–Crippen MR) is 80.2 cm³/mol. The Hall–Kier alpha value is -2.18. The lowest BCUT2D eigenvalue weighted by Gasteiger charge is -2.14. The van der Waals surface area contributed by atoms with Gasteiger partial charge in [-0.2, -0.15) is 32.0 Å². The third-order valence-electron chi connectivity index (χ3n) is 3.90. The average molecular weight is 418 g/mol. The highest BCUT2D eigenvalue weighted by molar-refractivity contribution is 5.32. The van der Waals surface area contributed by atoms with Gasteiger partial charge in [0, 0.05) is 11.3 Å². The van der Waals surface area contributed by atoms with Gasteiger partial charge in [-0.1, -0.05) is 5.16 Å². The van der Waals surface area contributed by atoms with Crippen molar-refractivity contribution in [2.45, 2.75) is 58.4 Å². The molecule has 6 nitrogen and oxygen atoms in total. The van der Waals surface area contributed by atoms with Crippen molar-refractivity contribution in [2.24, 2.45) is 0 Å². The molecule has 0 amide bonds. The van der Waals surface area contributed by atoms with Gasteiger partial charge in [0.05, 0.1) is 11.6 Å². The first kappa shape index (κ1) is 22.1. The summed E-state index contributed by atoms with van der Waals surface area (Å²) in [4.78, 5) is 3.92. The van der Waals surface area contributed by atoms with Crippen LogP contribution in [0.4, 0.5) is 30.7 Å². The monoisotopic (exact) mass is 418 g/mol. The maximum Gasteiger partial charge on any atom is 0.408 e. The van der Waals surface area contributed by atoms with E-state index >= 15 is 0 Å². The van der Waals surface area contributed by atoms with Gasteiger partial charge in [-0.3, -0.25) is 4.68 Å². The SMILES string of the molecule is Cc1nn(CC(F)(F)F)c(C)c1C(C)c1nc(COCC(F)(F)C(F)F)no1. The van der Waals surface area contributed by atoms with Crippen LogP contribution in [0.15, 0.2) is 4.52 Å². The van der Waals surface area contributed by atoms with E-state index in [1.165, 1.54) is 13.8 Å². The van der Waals surface area contributed by atoms with Gasteiger partial charge in [-0.25, -0.2) is 8.78 Å². The minimum Gasteiger partial charge on any atom is -0.367 e. The third-order valence-corrected chi connectivity index (χ3v) is 3.90. The molecular weight excluding hydrogens is 401 g/mol. The van der Waals surface area contributed by atoms with Gasteiger partial charge in [-0.05, 0) is 20.8 Å². The van der Waals surface area contributed by atoms with E-state index in [4.69, 9.17) is 4.52 Å². The van der Waals surface area contributed by atoms with E-state index in [0.717, 1.165) is 4.68 Å². The standard InChI is InChI=1S/C15H17F7N4O2/c1-7(11-8(2)24-26(9(11)3)5-15(20,21)22)12-23-10(25-28-12)4-27-6-14(18,19)13(16)17/h7,13H,4-6H2,1-3H3. The van der Waals surface area contributed by atoms with Crippen LogP contribution in [0, 0.1) is 13.8 Å². The van der Waals surface area contributed by atoms with Crippen LogP contribution in [0.3, 0.4) is 0 Å². The molecular formula is C15H17F7N4O2. The minimum absolute atomic E-state index is 0.00280. The fourth-order valence-corrected chi connectivity index (χ4v) is 2.63. The summed E-state index contributed by atoms with van der Waals surface area (Å²) >= 11 is 0. The third kappa shape index (κ3) is 5.20. The van der Waals surface area contributed by atoms with Gasteiger partial charge in [0.15, 0.2) is 5.82 Å². The summed E-state index contributed by atoms with van der Waals surface area (Å²) in [6.45, 7) is 1.21. The van der Waals surface area contributed by atoms with Crippen LogP contribution in [0.25, 0.3) is 0 Å². The van der Waals surface area contributed by atoms with E-state index in [2.05, 4.69) is 20.0 Å². The summed E-state index contributed by atoms with van der Waals surface area (Å²) in [7, 11) is 0. The molecule has 0 N–H and O–H groups in total. The van der Waals surface area contributed by atoms with Gasteiger partial charge in [0.25, 0.3) is 0 Å². The largest absolute Gasteiger partial charge is 0.408 e. The average Bonchev–Trinajstić information content (AvgIpc) is 3.11. The molecule has 2 rings (SSSR count). The summed E-state index contributed by atoms with van der Waals surface area (Å²) in [5.41, 5.74) is 1.04. The Kier molecular flexibility index (Phi) is 6.36. The molecule has 0 radical (unpaired) electrons. The number of aromatic nitrogens is 4. The van der Waals surface area contributed by atoms with Crippen LogP contribution in [0.5, 0.6) is 0 Å². The first-order valence-electron chi connectivity index (χ1n) is 7.98. The van der Waals surface area contributed by atoms with E-state index in [1.54, 1.807) is 6.92 Å². The Morgan fingerprint density at radius 2 is 1.79 bits per heavy atom. The van der Waals surface area contributed by atoms with Crippen LogP contribution in [-0.4, -0.2) is 45.1 Å². The Morgan fingerprint density at radius 3 is 2.36 bits per heavy atom. The van der Waals surface area contributed by atoms with Gasteiger partial charge in [0.1, 0.15) is 19.8 Å². The maximum absolute atomic E-state index is 12.8. The van der Waals surface area contributed by atoms with Gasteiger partial charge in [-0.15, -0.1) is 0 Å². The molecule has 0 aromatic carbocycles. The second-order valence-corrected chi connectivity index (χ2v) is 6.18. The number of hydrogen-bond acceptors (Lipinski definition) is 5. The van der Waals surface area contributed by atoms with Crippen molar-refractivity contribution < 1.29 is 40.0 Å². The zero-order valence-electron chi connectivity index (χ0n) is 15.0. The van der Waals surface area contributed by atoms with Crippen LogP contribution >= 0.6 is 0 Å². The summed E-state index contributed by atoms with van der Waals surface area (Å²) in [6, 6.07) is 0. The molecule has 0 spiro atoms. The molecule has 0 aliphatic carbocycles. The second-order valence-electron chi connectivity index (χ2n) is 6.18. The Morgan fingerprint density at radius 1 is 1.14 bits per heavy atom. The number of rotatable bonds is 8. The quantitative estimate of drug-likeness (QED) is 0.606. The summed E-state index contributed by atoms with van der Waals surface area (Å²) in [6.07, 6.45) is -8.31. The van der Waals surface area contributed by atoms with E-state index in [-0.39, 0.29) is 17.4 Å². The fraction of sp³-hybridized carbons (Fsp3) is 0.667. The fourth-order valence-electron chi connectivity index (χ4n) is 2.63. The zero-order chi connectivity index (χ0) is 21.3. The summed E-state index contributed by atoms with van der Waals surface area (Å²) in [5.74, 6) is -5.10. The maximum atomic E-state index is 12.8. The van der Waals surface area contributed by atoms with Crippen LogP contribution in [0.2, 0.25) is 0 Å². The van der Waals surface area contributed by atoms with Crippen molar-refractivity contribution in [3.63, 3.8) is 0 Å². The lowest BCUT2D eigenvalue weighted by molar-refractivity contribution is -0.168. The van der Waals surface area contributed by atoms with Gasteiger partial charge in [0.2, 0.25) is 5.89 Å². The summed E-state index contributed by atoms with van der Waals surface area (Å²) in [5, 5.41) is 7.37. The molecule has 1 atom stereocenters. The van der Waals surface area contributed by atoms with E-state index < -0.39 is 44.2 Å². The topological polar surface area (TPSA) is 66.0 Å². The van der Waals surface area contributed by atoms with Crippen molar-refractivity contribution >= 4 is 0 Å². The first-order chi connectivity index (χ1) is 12.8. The molecule has 0 fully saturated rings. The number of alkyl halides is 7. The van der Waals surface area contributed by atoms with Crippen molar-refractivity contribution in [3.05, 3.63) is 28.7 Å². The highest BCUT2D eigenvalue weighted by atomic mass is 19.4. The molecule has 13 heteroatoms. The first-order valence-corrected chi connectivity index (χ1v) is 7.98. The van der Waals surface area contributed by atoms with Crippen LogP contribution in [0.1, 0.15) is 41.5 Å². The smallest absolute Gasteiger partial charge is 0.367 e. The molecule has 1 unspecified atom stereocenters. The van der Waals surface area contributed by atoms with Crippen molar-refractivity contribution in [1.29, 1.82) is 0 Å². The van der Waals surface area contributed by atoms with Gasteiger partial charge < -0.3 is 9.26 Å². The van der Waals surface area contributed by atoms with Gasteiger partial charge >= 0.3 is 18.5 Å². The molecule has 0 bridgehead atoms. The lowest BCUT2D eigenvalue weighted by atomic mass is 9.99. The van der Waals surface area contributed by atoms with E-state index in [0.29, 0.717) is 11.3 Å². The van der Waals surface area contributed by atoms with Crippen LogP contribution in [-0.2, 0) is 17.9 Å². The van der Waals surface area contributed by atoms with Crippen molar-refractivity contribution in [1.82, 2.24) is 19.9 Å². The normalized spacial score (nSPS) is 14.1. The van der Waals surface area contributed by atoms with Crippen molar-refractivity contribution in [3.8, 4) is 0 Å². The molecule has 2 heterocycles. The Balaban J connectivity index is 2.09. The molecule has 0 saturated carbocycles. The molecule has 28 heavy (non-hydrogen) atoms. The molecule has 2 aromatic heterocycles. The molecule has 158 valence electrons. The minimum atomic E-state index is -4.45. The number of halogens is 7. The Bertz CT molecular complexity index is 801. The van der Waals surface area contributed by atoms with E-state index in [9.17, 15) is 30.7 Å². The number of hydrogen-bond donors (Lipinski definition) is 0. The highest BCUT2D eigenvalue weighted by Gasteiger charge is 2.41. The molecule has 2 aromatic rings. The Labute approximate surface area is 154 Å². The number of ether oxygens (including phenoxy) is 1. The lowest BCUT2D eigenvalue weighted by Crippen LogP contribution is -2.32. The summed E-state index contributed by atoms with van der Waals surface area (Å²) < 4.78 is 97.9. The van der Waals surface area contributed by atoms with Crippen LogP contribution < -0.4 is 0 Å². The number of aryl methyl sites for hydroxylation is 1. The predicted octanol–water partition coefficient (Wildman–Crippen LogP) is 4.01. The molecule has 0 aliphatic heterocycles. The van der Waals surface area contributed by atoms with Crippen molar-refractivity contribution in [2.75, 3.05) is 6.61 Å². The molecule has 0 saturated heterocycles. The zero-order valence-corrected chi connectivity index (χ0v) is 15.0. The van der Waals surface area contributed by atoms with E-state index in [1.807, 2.05) is 0 Å². The second kappa shape index (κ2) is 8.05. The number of nitrogens with zero attached hydrogens (tertiary/aromatic N) is 4. The highest BCUT2D eigenvalue weighted by Crippen LogP contribution is 2.30.